The normalized spacial score (nSPS) is 13.0. The highest BCUT2D eigenvalue weighted by Gasteiger charge is 2.37. The van der Waals surface area contributed by atoms with Crippen LogP contribution in [-0.2, 0) is 6.54 Å². The standard InChI is InChI=1S/C32H29N2O/c1-19(2)24-17-25(20(3)4)31-29(23-13-7-10-16-28(23)35-31)30(24)34-27-15-9-8-14-26(27)33-18-21-11-5-6-12-22(21)32(33)34/h5-17,19-20H,18H2,1-4H3/q+1. The lowest BCUT2D eigenvalue weighted by molar-refractivity contribution is -0.645. The van der Waals surface area contributed by atoms with Crippen LogP contribution in [0.1, 0.15) is 56.2 Å². The molecule has 4 aromatic carbocycles. The lowest BCUT2D eigenvalue weighted by Gasteiger charge is -2.17. The topological polar surface area (TPSA) is 21.9 Å². The zero-order valence-corrected chi connectivity index (χ0v) is 20.7. The van der Waals surface area contributed by atoms with E-state index in [-0.39, 0.29) is 0 Å². The molecule has 3 heteroatoms. The summed E-state index contributed by atoms with van der Waals surface area (Å²) in [4.78, 5) is 0. The summed E-state index contributed by atoms with van der Waals surface area (Å²) in [6, 6.07) is 28.6. The van der Waals surface area contributed by atoms with Crippen LogP contribution in [-0.4, -0.2) is 4.57 Å². The van der Waals surface area contributed by atoms with Crippen molar-refractivity contribution in [2.24, 2.45) is 0 Å². The Kier molecular flexibility index (Phi) is 4.29. The molecule has 6 aromatic rings. The summed E-state index contributed by atoms with van der Waals surface area (Å²) in [5.74, 6) is 1.98. The third-order valence-corrected chi connectivity index (χ3v) is 7.61. The number of aromatic nitrogens is 2. The van der Waals surface area contributed by atoms with Crippen molar-refractivity contribution in [3.63, 3.8) is 0 Å². The predicted molar refractivity (Wildman–Crippen MR) is 143 cm³/mol. The molecule has 7 rings (SSSR count). The Labute approximate surface area is 205 Å². The fourth-order valence-corrected chi connectivity index (χ4v) is 5.97. The Hall–Kier alpha value is -3.85. The quantitative estimate of drug-likeness (QED) is 0.246. The molecule has 0 radical (unpaired) electrons. The van der Waals surface area contributed by atoms with Crippen molar-refractivity contribution in [3.8, 4) is 17.1 Å². The predicted octanol–water partition coefficient (Wildman–Crippen LogP) is 8.09. The Bertz CT molecular complexity index is 1780. The maximum Gasteiger partial charge on any atom is 0.295 e. The molecule has 0 fully saturated rings. The molecule has 0 N–H and O–H groups in total. The summed E-state index contributed by atoms with van der Waals surface area (Å²) in [6.45, 7) is 10.0. The monoisotopic (exact) mass is 457 g/mol. The van der Waals surface area contributed by atoms with Gasteiger partial charge in [0.05, 0.1) is 10.9 Å². The van der Waals surface area contributed by atoms with Gasteiger partial charge in [-0.3, -0.25) is 0 Å². The lowest BCUT2D eigenvalue weighted by Crippen LogP contribution is -2.31. The van der Waals surface area contributed by atoms with E-state index in [2.05, 4.69) is 116 Å². The van der Waals surface area contributed by atoms with Gasteiger partial charge >= 0.3 is 0 Å². The van der Waals surface area contributed by atoms with Crippen molar-refractivity contribution < 1.29 is 8.98 Å². The van der Waals surface area contributed by atoms with Crippen molar-refractivity contribution in [3.05, 3.63) is 95.6 Å². The van der Waals surface area contributed by atoms with Crippen molar-refractivity contribution >= 4 is 33.0 Å². The second-order valence-electron chi connectivity index (χ2n) is 10.4. The van der Waals surface area contributed by atoms with Crippen LogP contribution in [0.4, 0.5) is 0 Å². The van der Waals surface area contributed by atoms with E-state index >= 15 is 0 Å². The van der Waals surface area contributed by atoms with Gasteiger partial charge in [0, 0.05) is 16.5 Å². The first-order chi connectivity index (χ1) is 17.0. The van der Waals surface area contributed by atoms with Crippen LogP contribution >= 0.6 is 0 Å². The summed E-state index contributed by atoms with van der Waals surface area (Å²) in [6.07, 6.45) is 0. The number of fused-ring (bicyclic) bond motifs is 8. The van der Waals surface area contributed by atoms with E-state index in [0.717, 1.165) is 17.7 Å². The van der Waals surface area contributed by atoms with Gasteiger partial charge < -0.3 is 4.42 Å². The van der Waals surface area contributed by atoms with E-state index in [4.69, 9.17) is 4.42 Å². The van der Waals surface area contributed by atoms with Crippen molar-refractivity contribution in [2.45, 2.75) is 46.1 Å². The zero-order chi connectivity index (χ0) is 23.8. The van der Waals surface area contributed by atoms with Gasteiger partial charge in [0.1, 0.15) is 23.4 Å². The van der Waals surface area contributed by atoms with Gasteiger partial charge in [0.2, 0.25) is 0 Å². The van der Waals surface area contributed by atoms with Gasteiger partial charge in [-0.15, -0.1) is 0 Å². The summed E-state index contributed by atoms with van der Waals surface area (Å²) in [5.41, 5.74) is 11.1. The van der Waals surface area contributed by atoms with Gasteiger partial charge in [0.15, 0.2) is 11.0 Å². The number of para-hydroxylation sites is 3. The molecule has 0 aliphatic carbocycles. The lowest BCUT2D eigenvalue weighted by atomic mass is 9.90. The van der Waals surface area contributed by atoms with Gasteiger partial charge in [-0.05, 0) is 47.7 Å². The summed E-state index contributed by atoms with van der Waals surface area (Å²) in [7, 11) is 0. The first kappa shape index (κ1) is 20.5. The molecule has 35 heavy (non-hydrogen) atoms. The molecule has 0 spiro atoms. The second-order valence-corrected chi connectivity index (χ2v) is 10.4. The molecule has 0 atom stereocenters. The molecule has 172 valence electrons. The molecule has 0 amide bonds. The highest BCUT2D eigenvalue weighted by atomic mass is 16.3. The van der Waals surface area contributed by atoms with Crippen LogP contribution in [0.25, 0.3) is 50.0 Å². The highest BCUT2D eigenvalue weighted by molar-refractivity contribution is 6.12. The van der Waals surface area contributed by atoms with Crippen LogP contribution in [0.3, 0.4) is 0 Å². The molecule has 0 saturated heterocycles. The second kappa shape index (κ2) is 7.32. The Morgan fingerprint density at radius 3 is 2.34 bits per heavy atom. The Balaban J connectivity index is 1.74. The molecule has 0 unspecified atom stereocenters. The van der Waals surface area contributed by atoms with Crippen LogP contribution < -0.4 is 4.57 Å². The van der Waals surface area contributed by atoms with E-state index in [1.165, 1.54) is 55.6 Å². The van der Waals surface area contributed by atoms with Gasteiger partial charge in [-0.2, -0.15) is 4.57 Å². The molecule has 3 nitrogen and oxygen atoms in total. The van der Waals surface area contributed by atoms with E-state index in [1.807, 2.05) is 0 Å². The maximum absolute atomic E-state index is 6.60. The molecule has 2 aromatic heterocycles. The number of rotatable bonds is 3. The number of nitrogens with zero attached hydrogens (tertiary/aromatic N) is 2. The van der Waals surface area contributed by atoms with E-state index in [0.29, 0.717) is 11.8 Å². The minimum absolute atomic E-state index is 0.360. The van der Waals surface area contributed by atoms with Crippen molar-refractivity contribution in [2.75, 3.05) is 0 Å². The van der Waals surface area contributed by atoms with Gasteiger partial charge in [-0.1, -0.05) is 76.2 Å². The maximum atomic E-state index is 6.60. The molecule has 1 aliphatic rings. The zero-order valence-electron chi connectivity index (χ0n) is 20.7. The molecule has 3 heterocycles. The Morgan fingerprint density at radius 2 is 1.51 bits per heavy atom. The molecule has 1 aliphatic heterocycles. The average molecular weight is 458 g/mol. The fourth-order valence-electron chi connectivity index (χ4n) is 5.97. The number of benzene rings is 4. The first-order valence-corrected chi connectivity index (χ1v) is 12.6. The van der Waals surface area contributed by atoms with E-state index in [1.54, 1.807) is 0 Å². The SMILES string of the molecule is CC(C)c1cc(C(C)C)c2oc3ccccc3c2c1-n1c2[n+](c3ccccc31)Cc1ccccc1-2. The minimum Gasteiger partial charge on any atom is -0.456 e. The summed E-state index contributed by atoms with van der Waals surface area (Å²) in [5, 5.41) is 2.41. The van der Waals surface area contributed by atoms with Crippen LogP contribution in [0, 0.1) is 0 Å². The number of hydrogen-bond donors (Lipinski definition) is 0. The molecular weight excluding hydrogens is 428 g/mol. The summed E-state index contributed by atoms with van der Waals surface area (Å²) >= 11 is 0. The first-order valence-electron chi connectivity index (χ1n) is 12.6. The van der Waals surface area contributed by atoms with Crippen LogP contribution in [0.2, 0.25) is 0 Å². The summed E-state index contributed by atoms with van der Waals surface area (Å²) < 4.78 is 11.6. The third kappa shape index (κ3) is 2.75. The van der Waals surface area contributed by atoms with Crippen LogP contribution in [0.5, 0.6) is 0 Å². The van der Waals surface area contributed by atoms with E-state index in [9.17, 15) is 0 Å². The van der Waals surface area contributed by atoms with Crippen molar-refractivity contribution in [1.82, 2.24) is 4.57 Å². The molecule has 0 saturated carbocycles. The van der Waals surface area contributed by atoms with Gasteiger partial charge in [-0.25, -0.2) is 4.57 Å². The van der Waals surface area contributed by atoms with Crippen molar-refractivity contribution in [1.29, 1.82) is 0 Å². The molecular formula is C32H29N2O+. The average Bonchev–Trinajstić information content (AvgIpc) is 3.52. The number of hydrogen-bond acceptors (Lipinski definition) is 1. The van der Waals surface area contributed by atoms with E-state index < -0.39 is 0 Å². The highest BCUT2D eigenvalue weighted by Crippen LogP contribution is 2.45. The third-order valence-electron chi connectivity index (χ3n) is 7.61. The van der Waals surface area contributed by atoms with Crippen LogP contribution in [0.15, 0.2) is 83.3 Å². The fraction of sp³-hybridized carbons (Fsp3) is 0.219. The molecule has 0 bridgehead atoms. The Morgan fingerprint density at radius 1 is 0.800 bits per heavy atom. The number of furan rings is 1. The van der Waals surface area contributed by atoms with Gasteiger partial charge in [0.25, 0.3) is 5.82 Å². The largest absolute Gasteiger partial charge is 0.456 e. The smallest absolute Gasteiger partial charge is 0.295 e. The minimum atomic E-state index is 0.360. The number of imidazole rings is 1.